The molecule has 174 valence electrons. The summed E-state index contributed by atoms with van der Waals surface area (Å²) in [7, 11) is 3.19. The van der Waals surface area contributed by atoms with Gasteiger partial charge in [-0.05, 0) is 50.1 Å². The Morgan fingerprint density at radius 2 is 1.97 bits per heavy atom. The van der Waals surface area contributed by atoms with Crippen LogP contribution < -0.4 is 14.8 Å². The topological polar surface area (TPSA) is 89.7 Å². The van der Waals surface area contributed by atoms with Crippen LogP contribution in [0, 0.1) is 5.92 Å². The summed E-state index contributed by atoms with van der Waals surface area (Å²) < 4.78 is 16.1. The molecule has 8 nitrogen and oxygen atoms in total. The number of benzene rings is 2. The highest BCUT2D eigenvalue weighted by Gasteiger charge is 2.28. The van der Waals surface area contributed by atoms with Gasteiger partial charge in [0, 0.05) is 12.1 Å². The summed E-state index contributed by atoms with van der Waals surface area (Å²) in [4.78, 5) is 19.6. The molecule has 4 rings (SSSR count). The van der Waals surface area contributed by atoms with Crippen molar-refractivity contribution in [2.45, 2.75) is 32.4 Å². The lowest BCUT2D eigenvalue weighted by Crippen LogP contribution is -2.43. The van der Waals surface area contributed by atoms with Crippen molar-refractivity contribution in [2.24, 2.45) is 5.92 Å². The van der Waals surface area contributed by atoms with E-state index in [2.05, 4.69) is 20.4 Å². The first-order chi connectivity index (χ1) is 16.1. The third-order valence-electron chi connectivity index (χ3n) is 6.00. The van der Waals surface area contributed by atoms with E-state index < -0.39 is 0 Å². The van der Waals surface area contributed by atoms with Crippen LogP contribution in [0.1, 0.15) is 37.3 Å². The molecule has 2 unspecified atom stereocenters. The molecule has 2 atom stereocenters. The van der Waals surface area contributed by atoms with Crippen molar-refractivity contribution in [1.82, 2.24) is 20.4 Å². The van der Waals surface area contributed by atoms with Gasteiger partial charge in [0.15, 0.2) is 11.5 Å². The second-order valence-electron chi connectivity index (χ2n) is 8.30. The van der Waals surface area contributed by atoms with Crippen molar-refractivity contribution in [3.8, 4) is 22.9 Å². The smallest absolute Gasteiger partial charge is 0.241 e. The second-order valence-corrected chi connectivity index (χ2v) is 8.30. The van der Waals surface area contributed by atoms with Crippen LogP contribution in [0.25, 0.3) is 11.4 Å². The van der Waals surface area contributed by atoms with E-state index in [-0.39, 0.29) is 17.9 Å². The van der Waals surface area contributed by atoms with E-state index in [1.165, 1.54) is 0 Å². The van der Waals surface area contributed by atoms with Crippen LogP contribution in [0.15, 0.2) is 53.1 Å². The molecule has 1 N–H and O–H groups in total. The summed E-state index contributed by atoms with van der Waals surface area (Å²) in [5.74, 6) is 2.30. The molecule has 0 saturated carbocycles. The minimum atomic E-state index is -0.0573. The number of aromatic nitrogens is 2. The van der Waals surface area contributed by atoms with Crippen LogP contribution in [0.3, 0.4) is 0 Å². The Balaban J connectivity index is 1.36. The summed E-state index contributed by atoms with van der Waals surface area (Å²) in [6.07, 6.45) is 1.83. The molecular formula is C25H30N4O4. The van der Waals surface area contributed by atoms with E-state index in [4.69, 9.17) is 14.0 Å². The number of carbonyl (C=O) groups excluding carboxylic acids is 1. The summed E-state index contributed by atoms with van der Waals surface area (Å²) in [6, 6.07) is 15.5. The van der Waals surface area contributed by atoms with E-state index in [1.54, 1.807) is 14.2 Å². The van der Waals surface area contributed by atoms with Gasteiger partial charge in [0.25, 0.3) is 0 Å². The van der Waals surface area contributed by atoms with Gasteiger partial charge in [0.1, 0.15) is 0 Å². The number of amides is 1. The van der Waals surface area contributed by atoms with Gasteiger partial charge >= 0.3 is 0 Å². The van der Waals surface area contributed by atoms with Gasteiger partial charge in [-0.25, -0.2) is 0 Å². The number of ether oxygens (including phenoxy) is 2. The van der Waals surface area contributed by atoms with E-state index in [0.717, 1.165) is 30.5 Å². The Hall–Kier alpha value is -3.39. The van der Waals surface area contributed by atoms with E-state index in [1.807, 2.05) is 55.5 Å². The third kappa shape index (κ3) is 5.51. The maximum atomic E-state index is 12.9. The predicted molar refractivity (Wildman–Crippen MR) is 124 cm³/mol. The fourth-order valence-electron chi connectivity index (χ4n) is 4.17. The predicted octanol–water partition coefficient (Wildman–Crippen LogP) is 3.84. The first-order valence-electron chi connectivity index (χ1n) is 11.2. The zero-order chi connectivity index (χ0) is 23.2. The highest BCUT2D eigenvalue weighted by atomic mass is 16.5. The molecule has 3 aromatic rings. The Kier molecular flexibility index (Phi) is 7.24. The number of piperidine rings is 1. The fraction of sp³-hybridized carbons (Fsp3) is 0.400. The molecule has 0 bridgehead atoms. The number of likely N-dealkylation sites (tertiary alicyclic amines) is 1. The molecule has 1 fully saturated rings. The van der Waals surface area contributed by atoms with Crippen molar-refractivity contribution < 1.29 is 18.8 Å². The van der Waals surface area contributed by atoms with Gasteiger partial charge in [-0.1, -0.05) is 35.5 Å². The number of hydrogen-bond acceptors (Lipinski definition) is 7. The highest BCUT2D eigenvalue weighted by Crippen LogP contribution is 2.31. The number of carbonyl (C=O) groups is 1. The number of nitrogens with zero attached hydrogens (tertiary/aromatic N) is 3. The molecular weight excluding hydrogens is 420 g/mol. The number of hydrogen-bond donors (Lipinski definition) is 1. The number of methoxy groups -OCH3 is 2. The summed E-state index contributed by atoms with van der Waals surface area (Å²) in [5, 5.41) is 7.28. The zero-order valence-corrected chi connectivity index (χ0v) is 19.3. The molecule has 0 aliphatic carbocycles. The molecule has 0 radical (unpaired) electrons. The normalized spacial score (nSPS) is 17.4. The van der Waals surface area contributed by atoms with Crippen molar-refractivity contribution in [3.63, 3.8) is 0 Å². The van der Waals surface area contributed by atoms with Crippen molar-refractivity contribution in [1.29, 1.82) is 0 Å². The summed E-state index contributed by atoms with van der Waals surface area (Å²) >= 11 is 0. The molecule has 1 amide bonds. The van der Waals surface area contributed by atoms with E-state index in [9.17, 15) is 4.79 Å². The summed E-state index contributed by atoms with van der Waals surface area (Å²) in [6.45, 7) is 4.09. The Bertz CT molecular complexity index is 1070. The maximum absolute atomic E-state index is 12.9. The molecule has 1 aliphatic heterocycles. The lowest BCUT2D eigenvalue weighted by molar-refractivity contribution is -0.127. The Morgan fingerprint density at radius 1 is 1.18 bits per heavy atom. The van der Waals surface area contributed by atoms with Crippen LogP contribution in [0.2, 0.25) is 0 Å². The van der Waals surface area contributed by atoms with Gasteiger partial charge < -0.3 is 19.3 Å². The molecule has 2 heterocycles. The molecule has 1 aliphatic rings. The monoisotopic (exact) mass is 450 g/mol. The van der Waals surface area contributed by atoms with E-state index in [0.29, 0.717) is 36.3 Å². The van der Waals surface area contributed by atoms with Crippen molar-refractivity contribution >= 4 is 5.91 Å². The SMILES string of the molecule is COc1ccc(-c2noc(CN3CCCC(C(=O)NC(C)c4ccccc4)C3)n2)cc1OC. The minimum absolute atomic E-state index is 0.0194. The van der Waals surface area contributed by atoms with Gasteiger partial charge in [0.2, 0.25) is 17.6 Å². The average molecular weight is 451 g/mol. The van der Waals surface area contributed by atoms with Gasteiger partial charge in [-0.2, -0.15) is 4.98 Å². The van der Waals surface area contributed by atoms with Crippen LogP contribution >= 0.6 is 0 Å². The van der Waals surface area contributed by atoms with Crippen LogP contribution in [-0.4, -0.2) is 48.3 Å². The van der Waals surface area contributed by atoms with Crippen LogP contribution in [-0.2, 0) is 11.3 Å². The fourth-order valence-corrected chi connectivity index (χ4v) is 4.17. The minimum Gasteiger partial charge on any atom is -0.493 e. The quantitative estimate of drug-likeness (QED) is 0.558. The molecule has 1 saturated heterocycles. The Morgan fingerprint density at radius 3 is 2.73 bits per heavy atom. The number of nitrogens with one attached hydrogen (secondary N) is 1. The molecule has 1 aromatic heterocycles. The lowest BCUT2D eigenvalue weighted by atomic mass is 9.96. The first kappa shape index (κ1) is 22.8. The van der Waals surface area contributed by atoms with Gasteiger partial charge in [-0.15, -0.1) is 0 Å². The van der Waals surface area contributed by atoms with Crippen LogP contribution in [0.4, 0.5) is 0 Å². The number of rotatable bonds is 8. The standard InChI is InChI=1S/C25H30N4O4/c1-17(18-8-5-4-6-9-18)26-25(30)20-10-7-13-29(15-20)16-23-27-24(28-33-23)19-11-12-21(31-2)22(14-19)32-3/h4-6,8-9,11-12,14,17,20H,7,10,13,15-16H2,1-3H3,(H,26,30). The molecule has 0 spiro atoms. The van der Waals surface area contributed by atoms with Crippen molar-refractivity contribution in [2.75, 3.05) is 27.3 Å². The molecule has 8 heteroatoms. The van der Waals surface area contributed by atoms with Crippen LogP contribution in [0.5, 0.6) is 11.5 Å². The highest BCUT2D eigenvalue weighted by molar-refractivity contribution is 5.79. The lowest BCUT2D eigenvalue weighted by Gasteiger charge is -2.31. The molecule has 2 aromatic carbocycles. The van der Waals surface area contributed by atoms with Gasteiger partial charge in [-0.3, -0.25) is 9.69 Å². The van der Waals surface area contributed by atoms with Gasteiger partial charge in [0.05, 0.1) is 32.7 Å². The largest absolute Gasteiger partial charge is 0.493 e. The van der Waals surface area contributed by atoms with E-state index >= 15 is 0 Å². The average Bonchev–Trinajstić information content (AvgIpc) is 3.32. The summed E-state index contributed by atoms with van der Waals surface area (Å²) in [5.41, 5.74) is 1.89. The van der Waals surface area contributed by atoms with Crippen molar-refractivity contribution in [3.05, 3.63) is 60.0 Å². The Labute approximate surface area is 193 Å². The first-order valence-corrected chi connectivity index (χ1v) is 11.2. The maximum Gasteiger partial charge on any atom is 0.241 e. The second kappa shape index (κ2) is 10.5. The molecule has 33 heavy (non-hydrogen) atoms. The zero-order valence-electron chi connectivity index (χ0n) is 19.3. The third-order valence-corrected chi connectivity index (χ3v) is 6.00.